The standard InChI is InChI=1S/C15H26N6/c1-4-6-16-7-5-14-9-20(12-18-14)10-15-17-11-19-21(15)8-13(2)3/h9,11-13,16H,4-8,10H2,1-3H3. The van der Waals surface area contributed by atoms with E-state index in [1.165, 1.54) is 6.42 Å². The Morgan fingerprint density at radius 2 is 2.10 bits per heavy atom. The van der Waals surface area contributed by atoms with E-state index in [0.29, 0.717) is 5.92 Å². The first-order chi connectivity index (χ1) is 10.2. The summed E-state index contributed by atoms with van der Waals surface area (Å²) in [4.78, 5) is 8.80. The maximum atomic E-state index is 4.45. The van der Waals surface area contributed by atoms with E-state index in [2.05, 4.69) is 51.9 Å². The van der Waals surface area contributed by atoms with Gasteiger partial charge in [-0.15, -0.1) is 0 Å². The molecular formula is C15H26N6. The minimum atomic E-state index is 0.563. The maximum Gasteiger partial charge on any atom is 0.146 e. The molecule has 0 radical (unpaired) electrons. The van der Waals surface area contributed by atoms with E-state index in [4.69, 9.17) is 0 Å². The van der Waals surface area contributed by atoms with Gasteiger partial charge in [-0.1, -0.05) is 20.8 Å². The topological polar surface area (TPSA) is 60.6 Å². The van der Waals surface area contributed by atoms with Gasteiger partial charge in [0.15, 0.2) is 0 Å². The van der Waals surface area contributed by atoms with Crippen molar-refractivity contribution < 1.29 is 0 Å². The molecule has 2 aromatic rings. The first-order valence-electron chi connectivity index (χ1n) is 7.77. The van der Waals surface area contributed by atoms with Crippen LogP contribution in [-0.4, -0.2) is 37.4 Å². The average molecular weight is 290 g/mol. The highest BCUT2D eigenvalue weighted by Crippen LogP contribution is 2.05. The molecule has 0 aliphatic carbocycles. The van der Waals surface area contributed by atoms with Crippen LogP contribution in [0.15, 0.2) is 18.9 Å². The van der Waals surface area contributed by atoms with E-state index in [0.717, 1.165) is 44.1 Å². The third-order valence-corrected chi connectivity index (χ3v) is 3.23. The van der Waals surface area contributed by atoms with Gasteiger partial charge in [-0.25, -0.2) is 14.6 Å². The first kappa shape index (κ1) is 15.7. The highest BCUT2D eigenvalue weighted by molar-refractivity contribution is 4.99. The van der Waals surface area contributed by atoms with E-state index in [1.54, 1.807) is 6.33 Å². The fourth-order valence-electron chi connectivity index (χ4n) is 2.21. The lowest BCUT2D eigenvalue weighted by atomic mass is 10.2. The van der Waals surface area contributed by atoms with E-state index < -0.39 is 0 Å². The Bertz CT molecular complexity index is 528. The van der Waals surface area contributed by atoms with Gasteiger partial charge < -0.3 is 9.88 Å². The van der Waals surface area contributed by atoms with Gasteiger partial charge in [-0.3, -0.25) is 0 Å². The van der Waals surface area contributed by atoms with Crippen LogP contribution in [-0.2, 0) is 19.5 Å². The molecule has 6 nitrogen and oxygen atoms in total. The van der Waals surface area contributed by atoms with E-state index in [9.17, 15) is 0 Å². The summed E-state index contributed by atoms with van der Waals surface area (Å²) in [5.41, 5.74) is 1.12. The van der Waals surface area contributed by atoms with Gasteiger partial charge in [-0.05, 0) is 18.9 Å². The summed E-state index contributed by atoms with van der Waals surface area (Å²) in [6, 6.07) is 0. The van der Waals surface area contributed by atoms with Crippen molar-refractivity contribution in [2.45, 2.75) is 46.7 Å². The summed E-state index contributed by atoms with van der Waals surface area (Å²) in [5.74, 6) is 1.55. The molecule has 0 amide bonds. The van der Waals surface area contributed by atoms with Crippen LogP contribution in [0.25, 0.3) is 0 Å². The Kier molecular flexibility index (Phi) is 5.92. The molecule has 0 fully saturated rings. The lowest BCUT2D eigenvalue weighted by molar-refractivity contribution is 0.461. The van der Waals surface area contributed by atoms with Crippen LogP contribution in [0.2, 0.25) is 0 Å². The molecule has 0 saturated heterocycles. The molecule has 0 spiro atoms. The minimum absolute atomic E-state index is 0.563. The summed E-state index contributed by atoms with van der Waals surface area (Å²) in [6.45, 7) is 10.2. The second kappa shape index (κ2) is 7.93. The van der Waals surface area contributed by atoms with Crippen LogP contribution >= 0.6 is 0 Å². The number of aromatic nitrogens is 5. The van der Waals surface area contributed by atoms with Crippen molar-refractivity contribution >= 4 is 0 Å². The molecule has 116 valence electrons. The number of hydrogen-bond acceptors (Lipinski definition) is 4. The minimum Gasteiger partial charge on any atom is -0.330 e. The third kappa shape index (κ3) is 4.97. The van der Waals surface area contributed by atoms with Gasteiger partial charge >= 0.3 is 0 Å². The Hall–Kier alpha value is -1.69. The molecule has 0 saturated carbocycles. The smallest absolute Gasteiger partial charge is 0.146 e. The maximum absolute atomic E-state index is 4.45. The Morgan fingerprint density at radius 1 is 1.24 bits per heavy atom. The van der Waals surface area contributed by atoms with Crippen molar-refractivity contribution in [1.29, 1.82) is 0 Å². The van der Waals surface area contributed by atoms with Crippen molar-refractivity contribution in [1.82, 2.24) is 29.6 Å². The zero-order chi connectivity index (χ0) is 15.1. The summed E-state index contributed by atoms with van der Waals surface area (Å²) in [5, 5.41) is 7.68. The van der Waals surface area contributed by atoms with E-state index >= 15 is 0 Å². The second-order valence-electron chi connectivity index (χ2n) is 5.79. The number of rotatable bonds is 9. The summed E-state index contributed by atoms with van der Waals surface area (Å²) >= 11 is 0. The fraction of sp³-hybridized carbons (Fsp3) is 0.667. The van der Waals surface area contributed by atoms with E-state index in [1.807, 2.05) is 11.0 Å². The largest absolute Gasteiger partial charge is 0.330 e. The fourth-order valence-corrected chi connectivity index (χ4v) is 2.21. The number of nitrogens with one attached hydrogen (secondary N) is 1. The van der Waals surface area contributed by atoms with E-state index in [-0.39, 0.29) is 0 Å². The Balaban J connectivity index is 1.89. The lowest BCUT2D eigenvalue weighted by Crippen LogP contribution is -2.17. The zero-order valence-corrected chi connectivity index (χ0v) is 13.3. The lowest BCUT2D eigenvalue weighted by Gasteiger charge is -2.08. The molecule has 6 heteroatoms. The number of nitrogens with zero attached hydrogens (tertiary/aromatic N) is 5. The molecule has 2 rings (SSSR count). The number of hydrogen-bond donors (Lipinski definition) is 1. The SMILES string of the molecule is CCCNCCc1cn(Cc2ncnn2CC(C)C)cn1. The summed E-state index contributed by atoms with van der Waals surface area (Å²) in [6.07, 6.45) is 7.74. The number of imidazole rings is 1. The molecule has 21 heavy (non-hydrogen) atoms. The second-order valence-corrected chi connectivity index (χ2v) is 5.79. The van der Waals surface area contributed by atoms with Gasteiger partial charge in [0, 0.05) is 25.7 Å². The predicted molar refractivity (Wildman–Crippen MR) is 83.1 cm³/mol. The molecule has 0 aliphatic heterocycles. The van der Waals surface area contributed by atoms with Crippen molar-refractivity contribution in [3.8, 4) is 0 Å². The molecule has 0 bridgehead atoms. The summed E-state index contributed by atoms with van der Waals surface area (Å²) < 4.78 is 4.06. The predicted octanol–water partition coefficient (Wildman–Crippen LogP) is 1.72. The molecule has 2 aromatic heterocycles. The van der Waals surface area contributed by atoms with Crippen LogP contribution in [0.1, 0.15) is 38.7 Å². The summed E-state index contributed by atoms with van der Waals surface area (Å²) in [7, 11) is 0. The van der Waals surface area contributed by atoms with Gasteiger partial charge in [0.05, 0.1) is 18.6 Å². The Labute approximate surface area is 126 Å². The van der Waals surface area contributed by atoms with Crippen LogP contribution in [0, 0.1) is 5.92 Å². The monoisotopic (exact) mass is 290 g/mol. The molecule has 2 heterocycles. The van der Waals surface area contributed by atoms with Gasteiger partial charge in [-0.2, -0.15) is 5.10 Å². The van der Waals surface area contributed by atoms with Gasteiger partial charge in [0.2, 0.25) is 0 Å². The highest BCUT2D eigenvalue weighted by atomic mass is 15.3. The van der Waals surface area contributed by atoms with Crippen molar-refractivity contribution in [3.05, 3.63) is 30.4 Å². The molecule has 0 atom stereocenters. The van der Waals surface area contributed by atoms with Crippen LogP contribution < -0.4 is 5.32 Å². The molecule has 0 aliphatic rings. The normalized spacial score (nSPS) is 11.4. The quantitative estimate of drug-likeness (QED) is 0.714. The van der Waals surface area contributed by atoms with Crippen LogP contribution in [0.4, 0.5) is 0 Å². The average Bonchev–Trinajstić information content (AvgIpc) is 3.05. The zero-order valence-electron chi connectivity index (χ0n) is 13.3. The molecule has 0 aromatic carbocycles. The van der Waals surface area contributed by atoms with Crippen LogP contribution in [0.3, 0.4) is 0 Å². The van der Waals surface area contributed by atoms with Crippen molar-refractivity contribution in [3.63, 3.8) is 0 Å². The van der Waals surface area contributed by atoms with Crippen molar-refractivity contribution in [2.75, 3.05) is 13.1 Å². The first-order valence-corrected chi connectivity index (χ1v) is 7.77. The molecular weight excluding hydrogens is 264 g/mol. The molecule has 0 unspecified atom stereocenters. The van der Waals surface area contributed by atoms with Gasteiger partial charge in [0.25, 0.3) is 0 Å². The van der Waals surface area contributed by atoms with Crippen molar-refractivity contribution in [2.24, 2.45) is 5.92 Å². The third-order valence-electron chi connectivity index (χ3n) is 3.23. The Morgan fingerprint density at radius 3 is 2.86 bits per heavy atom. The van der Waals surface area contributed by atoms with Crippen LogP contribution in [0.5, 0.6) is 0 Å². The highest BCUT2D eigenvalue weighted by Gasteiger charge is 2.07. The molecule has 1 N–H and O–H groups in total. The van der Waals surface area contributed by atoms with Gasteiger partial charge in [0.1, 0.15) is 12.2 Å².